The van der Waals surface area contributed by atoms with Crippen LogP contribution < -0.4 is 5.32 Å². The number of aliphatic carboxylic acids is 1. The predicted octanol–water partition coefficient (Wildman–Crippen LogP) is 3.83. The van der Waals surface area contributed by atoms with Gasteiger partial charge in [-0.25, -0.2) is 4.98 Å². The fraction of sp³-hybridized carbons (Fsp3) is 0.429. The molecule has 192 valence electrons. The molecule has 1 aliphatic heterocycles. The number of ether oxygens (including phenoxy) is 1. The summed E-state index contributed by atoms with van der Waals surface area (Å²) in [6, 6.07) is 5.57. The van der Waals surface area contributed by atoms with E-state index in [0.29, 0.717) is 40.6 Å². The molecule has 0 radical (unpaired) electrons. The van der Waals surface area contributed by atoms with Crippen molar-refractivity contribution in [3.05, 3.63) is 44.9 Å². The highest BCUT2D eigenvalue weighted by Gasteiger charge is 2.26. The maximum Gasteiger partial charge on any atom is 0.305 e. The number of halogens is 3. The van der Waals surface area contributed by atoms with E-state index in [1.54, 1.807) is 15.8 Å². The molecule has 3 rings (SSSR count). The van der Waals surface area contributed by atoms with Crippen LogP contribution in [-0.4, -0.2) is 76.0 Å². The molecule has 1 aliphatic rings. The van der Waals surface area contributed by atoms with Crippen molar-refractivity contribution >= 4 is 76.7 Å². The summed E-state index contributed by atoms with van der Waals surface area (Å²) in [5.74, 6) is -1.60. The standard InChI is InChI=1S/C21H24Cl2N4O5S2.ClH/c1-13(28)27(34-21-25-18(12-33-21)20(31)24-5-4-19(29)30)11-15-10-26(6-7-32-15)9-14-2-3-16(22)17(23)8-14;/h2-3,8,12,15H,4-7,9-11H2,1H3,(H,24,31)(H,29,30);1H/t15-;/m0./s1. The Kier molecular flexibility index (Phi) is 12.0. The van der Waals surface area contributed by atoms with Crippen LogP contribution in [-0.2, 0) is 20.9 Å². The molecule has 0 spiro atoms. The van der Waals surface area contributed by atoms with E-state index in [1.165, 1.54) is 18.3 Å². The lowest BCUT2D eigenvalue weighted by molar-refractivity contribution is -0.136. The van der Waals surface area contributed by atoms with E-state index in [2.05, 4.69) is 15.2 Å². The topological polar surface area (TPSA) is 112 Å². The second-order valence-electron chi connectivity index (χ2n) is 7.55. The van der Waals surface area contributed by atoms with Gasteiger partial charge in [0.05, 0.1) is 35.7 Å². The first-order valence-corrected chi connectivity index (χ1v) is 12.8. The van der Waals surface area contributed by atoms with Crippen LogP contribution in [0.4, 0.5) is 0 Å². The Labute approximate surface area is 227 Å². The fourth-order valence-electron chi connectivity index (χ4n) is 3.22. The molecule has 14 heteroatoms. The molecule has 2 heterocycles. The van der Waals surface area contributed by atoms with Gasteiger partial charge < -0.3 is 15.2 Å². The molecule has 0 unspecified atom stereocenters. The number of benzene rings is 1. The zero-order valence-corrected chi connectivity index (χ0v) is 22.7. The molecule has 0 aliphatic carbocycles. The highest BCUT2D eigenvalue weighted by Crippen LogP contribution is 2.28. The molecule has 1 saturated heterocycles. The minimum Gasteiger partial charge on any atom is -0.481 e. The van der Waals surface area contributed by atoms with Crippen LogP contribution in [0.1, 0.15) is 29.4 Å². The van der Waals surface area contributed by atoms with Gasteiger partial charge in [-0.05, 0) is 17.7 Å². The van der Waals surface area contributed by atoms with Crippen LogP contribution in [0, 0.1) is 0 Å². The van der Waals surface area contributed by atoms with Crippen LogP contribution in [0.25, 0.3) is 0 Å². The summed E-state index contributed by atoms with van der Waals surface area (Å²) in [5, 5.41) is 13.8. The summed E-state index contributed by atoms with van der Waals surface area (Å²) in [7, 11) is 0. The minimum absolute atomic E-state index is 0. The monoisotopic (exact) mass is 582 g/mol. The van der Waals surface area contributed by atoms with Gasteiger partial charge in [0.1, 0.15) is 5.69 Å². The Morgan fingerprint density at radius 3 is 2.80 bits per heavy atom. The van der Waals surface area contributed by atoms with E-state index in [0.717, 1.165) is 24.1 Å². The lowest BCUT2D eigenvalue weighted by Gasteiger charge is -2.35. The van der Waals surface area contributed by atoms with Crippen LogP contribution in [0.3, 0.4) is 0 Å². The molecule has 1 fully saturated rings. The van der Waals surface area contributed by atoms with Gasteiger partial charge in [0, 0.05) is 50.4 Å². The summed E-state index contributed by atoms with van der Waals surface area (Å²) in [4.78, 5) is 41.4. The zero-order valence-electron chi connectivity index (χ0n) is 18.7. The van der Waals surface area contributed by atoms with Gasteiger partial charge in [-0.1, -0.05) is 29.3 Å². The number of hydrogen-bond acceptors (Lipinski definition) is 8. The van der Waals surface area contributed by atoms with Gasteiger partial charge in [-0.15, -0.1) is 23.7 Å². The molecule has 1 aromatic carbocycles. The van der Waals surface area contributed by atoms with Gasteiger partial charge in [-0.3, -0.25) is 23.6 Å². The summed E-state index contributed by atoms with van der Waals surface area (Å²) >= 11 is 14.5. The number of morpholine rings is 1. The van der Waals surface area contributed by atoms with Crippen LogP contribution in [0.5, 0.6) is 0 Å². The van der Waals surface area contributed by atoms with Crippen molar-refractivity contribution in [1.29, 1.82) is 0 Å². The average molecular weight is 584 g/mol. The number of carbonyl (C=O) groups excluding carboxylic acids is 2. The number of thiazole rings is 1. The third-order valence-corrected chi connectivity index (χ3v) is 7.62. The normalized spacial score (nSPS) is 15.8. The van der Waals surface area contributed by atoms with Gasteiger partial charge in [0.15, 0.2) is 4.34 Å². The van der Waals surface area contributed by atoms with E-state index in [4.69, 9.17) is 33.0 Å². The average Bonchev–Trinajstić information content (AvgIpc) is 3.24. The number of carboxylic acids is 1. The number of hydrogen-bond donors (Lipinski definition) is 2. The van der Waals surface area contributed by atoms with Gasteiger partial charge >= 0.3 is 5.97 Å². The summed E-state index contributed by atoms with van der Waals surface area (Å²) in [6.07, 6.45) is -0.356. The van der Waals surface area contributed by atoms with Gasteiger partial charge in [0.2, 0.25) is 5.91 Å². The molecular formula is C21H25Cl3N4O5S2. The third-order valence-electron chi connectivity index (χ3n) is 4.86. The molecular weight excluding hydrogens is 559 g/mol. The molecule has 35 heavy (non-hydrogen) atoms. The van der Waals surface area contributed by atoms with Crippen molar-refractivity contribution in [3.63, 3.8) is 0 Å². The van der Waals surface area contributed by atoms with Crippen molar-refractivity contribution in [3.8, 4) is 0 Å². The number of nitrogens with zero attached hydrogens (tertiary/aromatic N) is 3. The third kappa shape index (κ3) is 9.41. The smallest absolute Gasteiger partial charge is 0.305 e. The summed E-state index contributed by atoms with van der Waals surface area (Å²) in [5.41, 5.74) is 1.23. The fourth-order valence-corrected chi connectivity index (χ4v) is 5.34. The highest BCUT2D eigenvalue weighted by molar-refractivity contribution is 7.99. The highest BCUT2D eigenvalue weighted by atomic mass is 35.5. The second kappa shape index (κ2) is 14.2. The van der Waals surface area contributed by atoms with E-state index in [9.17, 15) is 14.4 Å². The number of nitrogens with one attached hydrogen (secondary N) is 1. The summed E-state index contributed by atoms with van der Waals surface area (Å²) in [6.45, 7) is 4.48. The molecule has 2 N–H and O–H groups in total. The Bertz CT molecular complexity index is 1040. The molecule has 9 nitrogen and oxygen atoms in total. The van der Waals surface area contributed by atoms with E-state index >= 15 is 0 Å². The Hall–Kier alpha value is -1.60. The molecule has 0 bridgehead atoms. The SMILES string of the molecule is CC(=O)N(C[C@@H]1CN(Cc2ccc(Cl)c(Cl)c2)CCO1)Sc1nc(C(=O)NCCC(=O)O)cs1.Cl. The van der Waals surface area contributed by atoms with E-state index in [-0.39, 0.29) is 43.1 Å². The van der Waals surface area contributed by atoms with E-state index in [1.807, 2.05) is 12.1 Å². The minimum atomic E-state index is -0.993. The van der Waals surface area contributed by atoms with Crippen molar-refractivity contribution < 1.29 is 24.2 Å². The number of amides is 2. The van der Waals surface area contributed by atoms with Crippen LogP contribution in [0.15, 0.2) is 27.9 Å². The van der Waals surface area contributed by atoms with Crippen LogP contribution in [0.2, 0.25) is 10.0 Å². The second-order valence-corrected chi connectivity index (χ2v) is 10.5. The lowest BCUT2D eigenvalue weighted by Crippen LogP contribution is -2.46. The first-order valence-electron chi connectivity index (χ1n) is 10.4. The first-order chi connectivity index (χ1) is 16.2. The Morgan fingerprint density at radius 1 is 1.34 bits per heavy atom. The predicted molar refractivity (Wildman–Crippen MR) is 139 cm³/mol. The number of aromatic nitrogens is 1. The largest absolute Gasteiger partial charge is 0.481 e. The zero-order chi connectivity index (χ0) is 24.7. The van der Waals surface area contributed by atoms with Crippen molar-refractivity contribution in [2.24, 2.45) is 0 Å². The molecule has 1 atom stereocenters. The summed E-state index contributed by atoms with van der Waals surface area (Å²) < 4.78 is 7.99. The van der Waals surface area contributed by atoms with Crippen molar-refractivity contribution in [2.75, 3.05) is 32.8 Å². The maximum absolute atomic E-state index is 12.3. The van der Waals surface area contributed by atoms with Gasteiger partial charge in [-0.2, -0.15) is 0 Å². The Morgan fingerprint density at radius 2 is 2.11 bits per heavy atom. The van der Waals surface area contributed by atoms with Crippen LogP contribution >= 0.6 is 58.9 Å². The maximum atomic E-state index is 12.3. The Balaban J connectivity index is 0.00000432. The molecule has 0 saturated carbocycles. The van der Waals surface area contributed by atoms with E-state index < -0.39 is 11.9 Å². The lowest BCUT2D eigenvalue weighted by atomic mass is 10.2. The molecule has 1 aromatic heterocycles. The number of rotatable bonds is 10. The quantitative estimate of drug-likeness (QED) is 0.406. The molecule has 2 amide bonds. The number of carbonyl (C=O) groups is 3. The van der Waals surface area contributed by atoms with Crippen molar-refractivity contribution in [1.82, 2.24) is 19.5 Å². The first kappa shape index (κ1) is 29.6. The van der Waals surface area contributed by atoms with Crippen molar-refractivity contribution in [2.45, 2.75) is 30.3 Å². The number of carboxylic acid groups (broad SMARTS) is 1. The molecule has 2 aromatic rings. The van der Waals surface area contributed by atoms with Gasteiger partial charge in [0.25, 0.3) is 5.91 Å².